The molecule has 23 heavy (non-hydrogen) atoms. The lowest BCUT2D eigenvalue weighted by molar-refractivity contribution is -0.384. The SMILES string of the molecule is O=C(NO)C(Cc1ccc([N+](=O)[O-])cc1)NCc1ccccn1. The van der Waals surface area contributed by atoms with Gasteiger partial charge in [-0.05, 0) is 24.1 Å². The zero-order valence-corrected chi connectivity index (χ0v) is 12.2. The fourth-order valence-corrected chi connectivity index (χ4v) is 2.06. The highest BCUT2D eigenvalue weighted by molar-refractivity contribution is 5.80. The number of carbonyl (C=O) groups is 1. The van der Waals surface area contributed by atoms with E-state index in [1.807, 2.05) is 12.1 Å². The van der Waals surface area contributed by atoms with Crippen LogP contribution in [0.5, 0.6) is 0 Å². The molecule has 0 aliphatic heterocycles. The van der Waals surface area contributed by atoms with E-state index < -0.39 is 16.9 Å². The van der Waals surface area contributed by atoms with Gasteiger partial charge in [0.2, 0.25) is 0 Å². The molecule has 0 saturated heterocycles. The number of amides is 1. The number of non-ortho nitro benzene ring substituents is 1. The number of carbonyl (C=O) groups excluding carboxylic acids is 1. The van der Waals surface area contributed by atoms with Gasteiger partial charge in [-0.3, -0.25) is 30.4 Å². The van der Waals surface area contributed by atoms with E-state index in [1.54, 1.807) is 29.9 Å². The average molecular weight is 316 g/mol. The van der Waals surface area contributed by atoms with Crippen molar-refractivity contribution >= 4 is 11.6 Å². The number of hydrogen-bond donors (Lipinski definition) is 3. The van der Waals surface area contributed by atoms with Crippen molar-refractivity contribution in [3.8, 4) is 0 Å². The molecule has 1 aromatic heterocycles. The standard InChI is InChI=1S/C15H16N4O4/c20-15(18-21)14(17-10-12-3-1-2-8-16-12)9-11-4-6-13(7-5-11)19(22)23/h1-8,14,17,21H,9-10H2,(H,18,20). The van der Waals surface area contributed by atoms with E-state index in [0.29, 0.717) is 6.54 Å². The molecule has 0 aliphatic rings. The lowest BCUT2D eigenvalue weighted by atomic mass is 10.0. The van der Waals surface area contributed by atoms with Crippen molar-refractivity contribution in [2.75, 3.05) is 0 Å². The lowest BCUT2D eigenvalue weighted by Crippen LogP contribution is -2.44. The summed E-state index contributed by atoms with van der Waals surface area (Å²) in [6.07, 6.45) is 1.92. The van der Waals surface area contributed by atoms with Crippen molar-refractivity contribution in [2.45, 2.75) is 19.0 Å². The predicted molar refractivity (Wildman–Crippen MR) is 81.6 cm³/mol. The summed E-state index contributed by atoms with van der Waals surface area (Å²) in [7, 11) is 0. The smallest absolute Gasteiger partial charge is 0.269 e. The molecule has 0 saturated carbocycles. The maximum Gasteiger partial charge on any atom is 0.269 e. The molecule has 0 spiro atoms. The summed E-state index contributed by atoms with van der Waals surface area (Å²) >= 11 is 0. The lowest BCUT2D eigenvalue weighted by Gasteiger charge is -2.16. The van der Waals surface area contributed by atoms with E-state index in [-0.39, 0.29) is 12.1 Å². The molecule has 8 nitrogen and oxygen atoms in total. The molecule has 2 rings (SSSR count). The van der Waals surface area contributed by atoms with Crippen LogP contribution in [0.1, 0.15) is 11.3 Å². The molecule has 2 aromatic rings. The molecule has 1 unspecified atom stereocenters. The summed E-state index contributed by atoms with van der Waals surface area (Å²) < 4.78 is 0. The Hall–Kier alpha value is -2.84. The van der Waals surface area contributed by atoms with Gasteiger partial charge in [-0.1, -0.05) is 18.2 Å². The third-order valence-corrected chi connectivity index (χ3v) is 3.27. The Morgan fingerprint density at radius 3 is 2.57 bits per heavy atom. The van der Waals surface area contributed by atoms with Crippen LogP contribution in [0, 0.1) is 10.1 Å². The van der Waals surface area contributed by atoms with Gasteiger partial charge in [0.15, 0.2) is 0 Å². The van der Waals surface area contributed by atoms with Gasteiger partial charge in [0, 0.05) is 24.9 Å². The largest absolute Gasteiger partial charge is 0.300 e. The number of benzene rings is 1. The van der Waals surface area contributed by atoms with Gasteiger partial charge >= 0.3 is 0 Å². The second-order valence-electron chi connectivity index (χ2n) is 4.86. The van der Waals surface area contributed by atoms with E-state index in [0.717, 1.165) is 11.3 Å². The van der Waals surface area contributed by atoms with Gasteiger partial charge < -0.3 is 0 Å². The van der Waals surface area contributed by atoms with Crippen molar-refractivity contribution < 1.29 is 14.9 Å². The first-order valence-electron chi connectivity index (χ1n) is 6.90. The topological polar surface area (TPSA) is 117 Å². The molecule has 8 heteroatoms. The first kappa shape index (κ1) is 16.5. The number of nitrogens with zero attached hydrogens (tertiary/aromatic N) is 2. The number of nitro benzene ring substituents is 1. The quantitative estimate of drug-likeness (QED) is 0.401. The molecule has 0 fully saturated rings. The molecule has 120 valence electrons. The van der Waals surface area contributed by atoms with Gasteiger partial charge in [0.05, 0.1) is 16.7 Å². The van der Waals surface area contributed by atoms with Crippen LogP contribution < -0.4 is 10.8 Å². The van der Waals surface area contributed by atoms with Gasteiger partial charge in [0.25, 0.3) is 11.6 Å². The first-order chi connectivity index (χ1) is 11.1. The molecule has 0 aliphatic carbocycles. The summed E-state index contributed by atoms with van der Waals surface area (Å²) in [4.78, 5) is 26.1. The zero-order valence-electron chi connectivity index (χ0n) is 12.2. The van der Waals surface area contributed by atoms with Crippen LogP contribution in [0.25, 0.3) is 0 Å². The minimum Gasteiger partial charge on any atom is -0.300 e. The maximum atomic E-state index is 11.8. The highest BCUT2D eigenvalue weighted by Crippen LogP contribution is 2.13. The second-order valence-corrected chi connectivity index (χ2v) is 4.86. The minimum absolute atomic E-state index is 0.0154. The molecule has 1 amide bonds. The van der Waals surface area contributed by atoms with Gasteiger partial charge in [-0.15, -0.1) is 0 Å². The number of rotatable bonds is 7. The Balaban J connectivity index is 2.03. The van der Waals surface area contributed by atoms with E-state index in [2.05, 4.69) is 10.3 Å². The van der Waals surface area contributed by atoms with Crippen LogP contribution in [0.15, 0.2) is 48.7 Å². The minimum atomic E-state index is -0.691. The highest BCUT2D eigenvalue weighted by atomic mass is 16.6. The van der Waals surface area contributed by atoms with Gasteiger partial charge in [0.1, 0.15) is 0 Å². The molecule has 0 bridgehead atoms. The molecule has 3 N–H and O–H groups in total. The van der Waals surface area contributed by atoms with Crippen LogP contribution in [0.4, 0.5) is 5.69 Å². The molecular formula is C15H16N4O4. The Kier molecular flexibility index (Phi) is 5.73. The van der Waals surface area contributed by atoms with E-state index in [4.69, 9.17) is 5.21 Å². The zero-order chi connectivity index (χ0) is 16.7. The van der Waals surface area contributed by atoms with Gasteiger partial charge in [-0.25, -0.2) is 5.48 Å². The Morgan fingerprint density at radius 2 is 2.00 bits per heavy atom. The summed E-state index contributed by atoms with van der Waals surface area (Å²) in [5, 5.41) is 22.5. The number of pyridine rings is 1. The van der Waals surface area contributed by atoms with Crippen molar-refractivity contribution in [3.05, 3.63) is 70.0 Å². The Labute approximate surface area is 132 Å². The summed E-state index contributed by atoms with van der Waals surface area (Å²) in [5.74, 6) is -0.584. The molecule has 1 heterocycles. The van der Waals surface area contributed by atoms with Crippen LogP contribution in [0.3, 0.4) is 0 Å². The second kappa shape index (κ2) is 7.97. The number of hydrogen-bond acceptors (Lipinski definition) is 6. The van der Waals surface area contributed by atoms with Crippen molar-refractivity contribution in [1.82, 2.24) is 15.8 Å². The third kappa shape index (κ3) is 4.83. The number of hydroxylamine groups is 1. The predicted octanol–water partition coefficient (Wildman–Crippen LogP) is 1.20. The first-order valence-corrected chi connectivity index (χ1v) is 6.90. The molecule has 1 aromatic carbocycles. The number of nitro groups is 1. The molecule has 1 atom stereocenters. The Morgan fingerprint density at radius 1 is 1.26 bits per heavy atom. The summed E-state index contributed by atoms with van der Waals surface area (Å²) in [6.45, 7) is 0.353. The Bertz CT molecular complexity index is 661. The van der Waals surface area contributed by atoms with Crippen molar-refractivity contribution in [1.29, 1.82) is 0 Å². The molecule has 0 radical (unpaired) electrons. The van der Waals surface area contributed by atoms with Crippen molar-refractivity contribution in [2.24, 2.45) is 0 Å². The fraction of sp³-hybridized carbons (Fsp3) is 0.200. The van der Waals surface area contributed by atoms with Crippen molar-refractivity contribution in [3.63, 3.8) is 0 Å². The van der Waals surface area contributed by atoms with Crippen LogP contribution >= 0.6 is 0 Å². The normalized spacial score (nSPS) is 11.7. The summed E-state index contributed by atoms with van der Waals surface area (Å²) in [6, 6.07) is 10.7. The average Bonchev–Trinajstić information content (AvgIpc) is 2.59. The van der Waals surface area contributed by atoms with Gasteiger partial charge in [-0.2, -0.15) is 0 Å². The maximum absolute atomic E-state index is 11.8. The van der Waals surface area contributed by atoms with E-state index in [1.165, 1.54) is 12.1 Å². The fourth-order valence-electron chi connectivity index (χ4n) is 2.06. The monoisotopic (exact) mass is 316 g/mol. The third-order valence-electron chi connectivity index (χ3n) is 3.27. The van der Waals surface area contributed by atoms with Crippen LogP contribution in [0.2, 0.25) is 0 Å². The number of aromatic nitrogens is 1. The van der Waals surface area contributed by atoms with Crippen LogP contribution in [-0.2, 0) is 17.8 Å². The van der Waals surface area contributed by atoms with Crippen LogP contribution in [-0.4, -0.2) is 27.1 Å². The highest BCUT2D eigenvalue weighted by Gasteiger charge is 2.18. The van der Waals surface area contributed by atoms with E-state index in [9.17, 15) is 14.9 Å². The van der Waals surface area contributed by atoms with E-state index >= 15 is 0 Å². The number of nitrogens with one attached hydrogen (secondary N) is 2. The summed E-state index contributed by atoms with van der Waals surface area (Å²) in [5.41, 5.74) is 3.10. The molecular weight excluding hydrogens is 300 g/mol.